The molecular weight excluding hydrogens is 206 g/mol. The van der Waals surface area contributed by atoms with Crippen LogP contribution in [0.2, 0.25) is 0 Å². The second-order valence-corrected chi connectivity index (χ2v) is 5.10. The van der Waals surface area contributed by atoms with Crippen LogP contribution in [0.4, 0.5) is 0 Å². The maximum Gasteiger partial charge on any atom is 0.0720 e. The Kier molecular flexibility index (Phi) is 3.46. The Balaban J connectivity index is 2.31. The van der Waals surface area contributed by atoms with Gasteiger partial charge in [0, 0.05) is 0 Å². The van der Waals surface area contributed by atoms with Crippen molar-refractivity contribution in [3.05, 3.63) is 47.0 Å². The molecule has 0 saturated heterocycles. The summed E-state index contributed by atoms with van der Waals surface area (Å²) in [4.78, 5) is 4.83. The van der Waals surface area contributed by atoms with Gasteiger partial charge in [-0.15, -0.1) is 0 Å². The molecule has 1 atom stereocenters. The standard InChI is InChI=1S/C16H21N/c1-5-15-14(11(2)3)10-16(17-15)13-8-6-12(4)7-9-13/h6-11,15H,5H2,1-4H3. The fourth-order valence-electron chi connectivity index (χ4n) is 2.29. The summed E-state index contributed by atoms with van der Waals surface area (Å²) >= 11 is 0. The molecule has 0 bridgehead atoms. The van der Waals surface area contributed by atoms with Crippen LogP contribution in [0.1, 0.15) is 38.3 Å². The molecule has 0 amide bonds. The minimum absolute atomic E-state index is 0.395. The van der Waals surface area contributed by atoms with E-state index in [1.165, 1.54) is 16.7 Å². The summed E-state index contributed by atoms with van der Waals surface area (Å²) in [7, 11) is 0. The molecule has 1 aromatic rings. The van der Waals surface area contributed by atoms with Crippen molar-refractivity contribution in [3.8, 4) is 0 Å². The van der Waals surface area contributed by atoms with Crippen molar-refractivity contribution in [2.75, 3.05) is 0 Å². The van der Waals surface area contributed by atoms with Crippen LogP contribution >= 0.6 is 0 Å². The number of allylic oxidation sites excluding steroid dienone is 1. The molecule has 1 nitrogen and oxygen atoms in total. The summed E-state index contributed by atoms with van der Waals surface area (Å²) in [5.41, 5.74) is 5.17. The van der Waals surface area contributed by atoms with Crippen LogP contribution in [0.25, 0.3) is 0 Å². The van der Waals surface area contributed by atoms with E-state index in [4.69, 9.17) is 4.99 Å². The molecule has 1 unspecified atom stereocenters. The third-order valence-electron chi connectivity index (χ3n) is 3.38. The van der Waals surface area contributed by atoms with Gasteiger partial charge in [0.25, 0.3) is 0 Å². The molecule has 0 saturated carbocycles. The predicted molar refractivity (Wildman–Crippen MR) is 74.7 cm³/mol. The summed E-state index contributed by atoms with van der Waals surface area (Å²) in [6.07, 6.45) is 3.38. The highest BCUT2D eigenvalue weighted by atomic mass is 14.8. The average molecular weight is 227 g/mol. The fourth-order valence-corrected chi connectivity index (χ4v) is 2.29. The van der Waals surface area contributed by atoms with Gasteiger partial charge in [-0.05, 0) is 36.5 Å². The van der Waals surface area contributed by atoms with E-state index in [-0.39, 0.29) is 0 Å². The van der Waals surface area contributed by atoms with Crippen molar-refractivity contribution in [2.45, 2.75) is 40.2 Å². The van der Waals surface area contributed by atoms with Crippen LogP contribution in [-0.4, -0.2) is 11.8 Å². The van der Waals surface area contributed by atoms with Gasteiger partial charge in [-0.2, -0.15) is 0 Å². The highest BCUT2D eigenvalue weighted by Crippen LogP contribution is 2.26. The van der Waals surface area contributed by atoms with Crippen molar-refractivity contribution in [3.63, 3.8) is 0 Å². The molecule has 17 heavy (non-hydrogen) atoms. The number of benzene rings is 1. The third kappa shape index (κ3) is 2.49. The van der Waals surface area contributed by atoms with Crippen molar-refractivity contribution >= 4 is 5.71 Å². The molecule has 1 heteroatoms. The molecule has 1 aromatic carbocycles. The van der Waals surface area contributed by atoms with Crippen LogP contribution in [0.5, 0.6) is 0 Å². The molecule has 1 heterocycles. The zero-order valence-electron chi connectivity index (χ0n) is 11.2. The smallest absolute Gasteiger partial charge is 0.0720 e. The zero-order chi connectivity index (χ0) is 12.4. The Morgan fingerprint density at radius 3 is 2.29 bits per heavy atom. The van der Waals surface area contributed by atoms with E-state index >= 15 is 0 Å². The number of nitrogens with zero attached hydrogens (tertiary/aromatic N) is 1. The molecule has 90 valence electrons. The lowest BCUT2D eigenvalue weighted by molar-refractivity contribution is 0.641. The van der Waals surface area contributed by atoms with E-state index in [0.29, 0.717) is 12.0 Å². The van der Waals surface area contributed by atoms with Gasteiger partial charge in [-0.3, -0.25) is 4.99 Å². The Morgan fingerprint density at radius 2 is 1.82 bits per heavy atom. The molecule has 0 aromatic heterocycles. The summed E-state index contributed by atoms with van der Waals surface area (Å²) in [6.45, 7) is 8.83. The van der Waals surface area contributed by atoms with E-state index in [1.54, 1.807) is 0 Å². The second kappa shape index (κ2) is 4.87. The van der Waals surface area contributed by atoms with Crippen molar-refractivity contribution in [2.24, 2.45) is 10.9 Å². The first-order valence-electron chi connectivity index (χ1n) is 6.48. The number of hydrogen-bond acceptors (Lipinski definition) is 1. The van der Waals surface area contributed by atoms with Gasteiger partial charge < -0.3 is 0 Å². The van der Waals surface area contributed by atoms with Crippen LogP contribution < -0.4 is 0 Å². The monoisotopic (exact) mass is 227 g/mol. The normalized spacial score (nSPS) is 19.5. The SMILES string of the molecule is CCC1N=C(c2ccc(C)cc2)C=C1C(C)C. The molecule has 0 radical (unpaired) electrons. The Labute approximate surface area is 104 Å². The molecule has 0 aliphatic carbocycles. The molecule has 1 aliphatic rings. The highest BCUT2D eigenvalue weighted by Gasteiger charge is 2.21. The van der Waals surface area contributed by atoms with Crippen LogP contribution in [0.15, 0.2) is 40.9 Å². The van der Waals surface area contributed by atoms with Gasteiger partial charge in [-0.1, -0.05) is 50.6 Å². The Bertz CT molecular complexity index is 449. The van der Waals surface area contributed by atoms with Crippen molar-refractivity contribution < 1.29 is 0 Å². The van der Waals surface area contributed by atoms with Crippen LogP contribution in [-0.2, 0) is 0 Å². The topological polar surface area (TPSA) is 12.4 Å². The lowest BCUT2D eigenvalue weighted by Crippen LogP contribution is -2.08. The minimum atomic E-state index is 0.395. The van der Waals surface area contributed by atoms with E-state index in [2.05, 4.69) is 58.0 Å². The second-order valence-electron chi connectivity index (χ2n) is 5.10. The van der Waals surface area contributed by atoms with Gasteiger partial charge >= 0.3 is 0 Å². The maximum absolute atomic E-state index is 4.83. The summed E-state index contributed by atoms with van der Waals surface area (Å²) < 4.78 is 0. The van der Waals surface area contributed by atoms with E-state index < -0.39 is 0 Å². The number of aliphatic imine (C=N–C) groups is 1. The largest absolute Gasteiger partial charge is 0.277 e. The van der Waals surface area contributed by atoms with Gasteiger partial charge in [0.15, 0.2) is 0 Å². The van der Waals surface area contributed by atoms with Crippen LogP contribution in [0.3, 0.4) is 0 Å². The Hall–Kier alpha value is -1.37. The lowest BCUT2D eigenvalue weighted by Gasteiger charge is -2.13. The zero-order valence-corrected chi connectivity index (χ0v) is 11.2. The van der Waals surface area contributed by atoms with E-state index in [1.807, 2.05) is 0 Å². The predicted octanol–water partition coefficient (Wildman–Crippen LogP) is 4.16. The summed E-state index contributed by atoms with van der Waals surface area (Å²) in [5, 5.41) is 0. The number of aryl methyl sites for hydroxylation is 1. The molecular formula is C16H21N. The molecule has 1 aliphatic heterocycles. The summed E-state index contributed by atoms with van der Waals surface area (Å²) in [5.74, 6) is 0.589. The van der Waals surface area contributed by atoms with Crippen LogP contribution in [0, 0.1) is 12.8 Å². The molecule has 0 spiro atoms. The van der Waals surface area contributed by atoms with E-state index in [0.717, 1.165) is 12.1 Å². The molecule has 0 N–H and O–H groups in total. The first-order chi connectivity index (χ1) is 8.11. The van der Waals surface area contributed by atoms with Gasteiger partial charge in [0.05, 0.1) is 11.8 Å². The minimum Gasteiger partial charge on any atom is -0.277 e. The first-order valence-corrected chi connectivity index (χ1v) is 6.48. The maximum atomic E-state index is 4.83. The number of rotatable bonds is 3. The van der Waals surface area contributed by atoms with Gasteiger partial charge in [0.1, 0.15) is 0 Å². The molecule has 0 fully saturated rings. The summed E-state index contributed by atoms with van der Waals surface area (Å²) in [6, 6.07) is 9.03. The highest BCUT2D eigenvalue weighted by molar-refractivity contribution is 6.10. The first kappa shape index (κ1) is 12.1. The van der Waals surface area contributed by atoms with Gasteiger partial charge in [0.2, 0.25) is 0 Å². The fraction of sp³-hybridized carbons (Fsp3) is 0.438. The molecule has 2 rings (SSSR count). The van der Waals surface area contributed by atoms with E-state index in [9.17, 15) is 0 Å². The lowest BCUT2D eigenvalue weighted by atomic mass is 9.95. The quantitative estimate of drug-likeness (QED) is 0.735. The van der Waals surface area contributed by atoms with Crippen molar-refractivity contribution in [1.29, 1.82) is 0 Å². The Morgan fingerprint density at radius 1 is 1.18 bits per heavy atom. The third-order valence-corrected chi connectivity index (χ3v) is 3.38. The van der Waals surface area contributed by atoms with Crippen molar-refractivity contribution in [1.82, 2.24) is 0 Å². The number of hydrogen-bond donors (Lipinski definition) is 0. The van der Waals surface area contributed by atoms with Gasteiger partial charge in [-0.25, -0.2) is 0 Å². The average Bonchev–Trinajstić information content (AvgIpc) is 2.74.